The monoisotopic (exact) mass is 269 g/mol. The standard InChI is InChI=1S/C16H15NO3/c1-19-9-8-17-15-10-14(18)13-7-6-11-4-2-3-5-12(11)16(13)20-15/h2-7,10,17H,8-9H2,1H3. The maximum Gasteiger partial charge on any atom is 0.197 e. The lowest BCUT2D eigenvalue weighted by molar-refractivity contribution is 0.210. The first-order chi connectivity index (χ1) is 9.79. The molecule has 0 fully saturated rings. The van der Waals surface area contributed by atoms with E-state index in [1.54, 1.807) is 7.11 Å². The van der Waals surface area contributed by atoms with Gasteiger partial charge in [-0.1, -0.05) is 30.3 Å². The third-order valence-electron chi connectivity index (χ3n) is 3.22. The van der Waals surface area contributed by atoms with Crippen LogP contribution in [0.2, 0.25) is 0 Å². The van der Waals surface area contributed by atoms with Gasteiger partial charge in [0.2, 0.25) is 0 Å². The van der Waals surface area contributed by atoms with Crippen LogP contribution in [0.4, 0.5) is 5.88 Å². The summed E-state index contributed by atoms with van der Waals surface area (Å²) in [6.45, 7) is 1.15. The topological polar surface area (TPSA) is 51.5 Å². The smallest absolute Gasteiger partial charge is 0.197 e. The minimum Gasteiger partial charge on any atom is -0.440 e. The van der Waals surface area contributed by atoms with E-state index >= 15 is 0 Å². The van der Waals surface area contributed by atoms with Gasteiger partial charge in [0.15, 0.2) is 11.3 Å². The van der Waals surface area contributed by atoms with Crippen molar-refractivity contribution >= 4 is 27.6 Å². The molecule has 0 atom stereocenters. The first-order valence-electron chi connectivity index (χ1n) is 6.48. The average molecular weight is 269 g/mol. The van der Waals surface area contributed by atoms with Gasteiger partial charge in [0.25, 0.3) is 0 Å². The molecule has 0 aliphatic rings. The second-order valence-corrected chi connectivity index (χ2v) is 4.56. The summed E-state index contributed by atoms with van der Waals surface area (Å²) >= 11 is 0. The van der Waals surface area contributed by atoms with Crippen LogP contribution in [0.15, 0.2) is 51.7 Å². The van der Waals surface area contributed by atoms with Gasteiger partial charge in [-0.25, -0.2) is 0 Å². The van der Waals surface area contributed by atoms with Crippen LogP contribution >= 0.6 is 0 Å². The van der Waals surface area contributed by atoms with E-state index in [1.807, 2.05) is 36.4 Å². The summed E-state index contributed by atoms with van der Waals surface area (Å²) in [5.41, 5.74) is 0.576. The summed E-state index contributed by atoms with van der Waals surface area (Å²) in [5, 5.41) is 5.64. The molecular formula is C16H15NO3. The fourth-order valence-electron chi connectivity index (χ4n) is 2.25. The lowest BCUT2D eigenvalue weighted by Crippen LogP contribution is -2.10. The summed E-state index contributed by atoms with van der Waals surface area (Å²) < 4.78 is 10.8. The Hall–Kier alpha value is -2.33. The molecule has 2 aromatic carbocycles. The molecule has 0 unspecified atom stereocenters. The molecule has 3 aromatic rings. The Morgan fingerprint density at radius 2 is 2.00 bits per heavy atom. The molecule has 0 saturated carbocycles. The van der Waals surface area contributed by atoms with Gasteiger partial charge < -0.3 is 14.5 Å². The minimum atomic E-state index is -0.0445. The number of hydrogen-bond donors (Lipinski definition) is 1. The third-order valence-corrected chi connectivity index (χ3v) is 3.22. The molecule has 0 aliphatic heterocycles. The zero-order valence-corrected chi connectivity index (χ0v) is 11.2. The Bertz CT molecular complexity index is 808. The highest BCUT2D eigenvalue weighted by Crippen LogP contribution is 2.25. The molecule has 0 saturated heterocycles. The maximum atomic E-state index is 12.1. The molecule has 1 aromatic heterocycles. The summed E-state index contributed by atoms with van der Waals surface area (Å²) in [5.74, 6) is 0.468. The second kappa shape index (κ2) is 5.35. The zero-order valence-electron chi connectivity index (χ0n) is 11.2. The van der Waals surface area contributed by atoms with E-state index in [0.717, 1.165) is 10.8 Å². The zero-order chi connectivity index (χ0) is 13.9. The van der Waals surface area contributed by atoms with Crippen molar-refractivity contribution in [1.29, 1.82) is 0 Å². The molecular weight excluding hydrogens is 254 g/mol. The first kappa shape index (κ1) is 12.7. The van der Waals surface area contributed by atoms with Crippen LogP contribution in [0.25, 0.3) is 21.7 Å². The van der Waals surface area contributed by atoms with Crippen LogP contribution < -0.4 is 10.7 Å². The van der Waals surface area contributed by atoms with Gasteiger partial charge in [0, 0.05) is 25.1 Å². The molecule has 4 heteroatoms. The lowest BCUT2D eigenvalue weighted by atomic mass is 10.1. The van der Waals surface area contributed by atoms with E-state index in [4.69, 9.17) is 9.15 Å². The average Bonchev–Trinajstić information content (AvgIpc) is 2.47. The number of ether oxygens (including phenoxy) is 1. The molecule has 1 N–H and O–H groups in total. The SMILES string of the molecule is COCCNc1cc(=O)c2ccc3ccccc3c2o1. The summed E-state index contributed by atoms with van der Waals surface area (Å²) in [7, 11) is 1.63. The lowest BCUT2D eigenvalue weighted by Gasteiger charge is -2.07. The van der Waals surface area contributed by atoms with E-state index in [2.05, 4.69) is 5.32 Å². The van der Waals surface area contributed by atoms with Gasteiger partial charge in [-0.2, -0.15) is 0 Å². The Labute approximate surface area is 116 Å². The quantitative estimate of drug-likeness (QED) is 0.584. The predicted molar refractivity (Wildman–Crippen MR) is 80.4 cm³/mol. The molecule has 0 radical (unpaired) electrons. The normalized spacial score (nSPS) is 11.1. The van der Waals surface area contributed by atoms with Gasteiger partial charge in [-0.3, -0.25) is 4.79 Å². The van der Waals surface area contributed by atoms with E-state index in [-0.39, 0.29) is 5.43 Å². The van der Waals surface area contributed by atoms with Crippen molar-refractivity contribution in [3.8, 4) is 0 Å². The second-order valence-electron chi connectivity index (χ2n) is 4.56. The molecule has 20 heavy (non-hydrogen) atoms. The fraction of sp³-hybridized carbons (Fsp3) is 0.188. The highest BCUT2D eigenvalue weighted by Gasteiger charge is 2.07. The highest BCUT2D eigenvalue weighted by molar-refractivity contribution is 6.04. The Balaban J connectivity index is 2.17. The van der Waals surface area contributed by atoms with Crippen molar-refractivity contribution in [3.05, 3.63) is 52.7 Å². The van der Waals surface area contributed by atoms with Gasteiger partial charge >= 0.3 is 0 Å². The summed E-state index contributed by atoms with van der Waals surface area (Å²) in [6, 6.07) is 13.1. The van der Waals surface area contributed by atoms with Gasteiger partial charge in [0.05, 0.1) is 12.0 Å². The van der Waals surface area contributed by atoms with Crippen molar-refractivity contribution in [2.45, 2.75) is 0 Å². The van der Waals surface area contributed by atoms with E-state index in [0.29, 0.717) is 30.0 Å². The van der Waals surface area contributed by atoms with Crippen LogP contribution in [0.1, 0.15) is 0 Å². The molecule has 0 bridgehead atoms. The molecule has 102 valence electrons. The number of nitrogens with one attached hydrogen (secondary N) is 1. The van der Waals surface area contributed by atoms with Crippen LogP contribution in [-0.2, 0) is 4.74 Å². The number of rotatable bonds is 4. The Morgan fingerprint density at radius 3 is 2.85 bits per heavy atom. The number of hydrogen-bond acceptors (Lipinski definition) is 4. The summed E-state index contributed by atoms with van der Waals surface area (Å²) in [6.07, 6.45) is 0. The maximum absolute atomic E-state index is 12.1. The van der Waals surface area contributed by atoms with Crippen LogP contribution in [0.5, 0.6) is 0 Å². The first-order valence-corrected chi connectivity index (χ1v) is 6.48. The van der Waals surface area contributed by atoms with Crippen molar-refractivity contribution < 1.29 is 9.15 Å². The van der Waals surface area contributed by atoms with Crippen molar-refractivity contribution in [3.63, 3.8) is 0 Å². The van der Waals surface area contributed by atoms with Crippen LogP contribution in [-0.4, -0.2) is 20.3 Å². The van der Waals surface area contributed by atoms with Crippen molar-refractivity contribution in [2.75, 3.05) is 25.6 Å². The van der Waals surface area contributed by atoms with Crippen molar-refractivity contribution in [1.82, 2.24) is 0 Å². The molecule has 4 nitrogen and oxygen atoms in total. The third kappa shape index (κ3) is 2.26. The van der Waals surface area contributed by atoms with E-state index in [1.165, 1.54) is 6.07 Å². The number of benzene rings is 2. The van der Waals surface area contributed by atoms with Gasteiger partial charge in [-0.05, 0) is 11.5 Å². The minimum absolute atomic E-state index is 0.0445. The molecule has 0 spiro atoms. The fourth-order valence-corrected chi connectivity index (χ4v) is 2.25. The van der Waals surface area contributed by atoms with Crippen LogP contribution in [0, 0.1) is 0 Å². The molecule has 3 rings (SSSR count). The van der Waals surface area contributed by atoms with Crippen molar-refractivity contribution in [2.24, 2.45) is 0 Å². The summed E-state index contributed by atoms with van der Waals surface area (Å²) in [4.78, 5) is 12.1. The van der Waals surface area contributed by atoms with Gasteiger partial charge in [0.1, 0.15) is 5.58 Å². The number of methoxy groups -OCH3 is 1. The number of fused-ring (bicyclic) bond motifs is 3. The highest BCUT2D eigenvalue weighted by atomic mass is 16.5. The Morgan fingerprint density at radius 1 is 1.15 bits per heavy atom. The van der Waals surface area contributed by atoms with E-state index < -0.39 is 0 Å². The molecule has 0 amide bonds. The predicted octanol–water partition coefficient (Wildman–Crippen LogP) is 3.00. The van der Waals surface area contributed by atoms with Gasteiger partial charge in [-0.15, -0.1) is 0 Å². The molecule has 0 aliphatic carbocycles. The number of anilines is 1. The van der Waals surface area contributed by atoms with E-state index in [9.17, 15) is 4.79 Å². The van der Waals surface area contributed by atoms with Crippen LogP contribution in [0.3, 0.4) is 0 Å². The molecule has 1 heterocycles. The largest absolute Gasteiger partial charge is 0.440 e. The Kier molecular flexibility index (Phi) is 3.39.